The molecule has 27 heavy (non-hydrogen) atoms. The van der Waals surface area contributed by atoms with Crippen LogP contribution in [0.4, 0.5) is 0 Å². The number of nitrogens with zero attached hydrogens (tertiary/aromatic N) is 4. The maximum Gasteiger partial charge on any atom is 0.262 e. The van der Waals surface area contributed by atoms with Crippen LogP contribution in [-0.2, 0) is 13.6 Å². The van der Waals surface area contributed by atoms with Crippen molar-refractivity contribution >= 4 is 28.3 Å². The summed E-state index contributed by atoms with van der Waals surface area (Å²) in [7, 11) is 1.72. The van der Waals surface area contributed by atoms with E-state index >= 15 is 0 Å². The van der Waals surface area contributed by atoms with Crippen LogP contribution in [-0.4, -0.2) is 19.2 Å². The highest BCUT2D eigenvalue weighted by molar-refractivity contribution is 6.30. The van der Waals surface area contributed by atoms with Crippen molar-refractivity contribution < 1.29 is 0 Å². The van der Waals surface area contributed by atoms with E-state index < -0.39 is 0 Å². The molecule has 0 radical (unpaired) electrons. The molecule has 0 aliphatic rings. The highest BCUT2D eigenvalue weighted by Crippen LogP contribution is 2.20. The van der Waals surface area contributed by atoms with Gasteiger partial charge in [-0.05, 0) is 36.2 Å². The van der Waals surface area contributed by atoms with Crippen molar-refractivity contribution in [3.05, 3.63) is 75.3 Å². The Kier molecular flexibility index (Phi) is 4.68. The molecule has 0 aliphatic carbocycles. The first kappa shape index (κ1) is 17.7. The summed E-state index contributed by atoms with van der Waals surface area (Å²) in [4.78, 5) is 12.5. The van der Waals surface area contributed by atoms with E-state index in [9.17, 15) is 4.79 Å². The van der Waals surface area contributed by atoms with Crippen molar-refractivity contribution in [1.82, 2.24) is 24.5 Å². The fourth-order valence-electron chi connectivity index (χ4n) is 3.41. The lowest BCUT2D eigenvalue weighted by molar-refractivity contribution is 0.507. The van der Waals surface area contributed by atoms with Crippen molar-refractivity contribution in [1.29, 1.82) is 0 Å². The lowest BCUT2D eigenvalue weighted by atomic mass is 10.0. The predicted molar refractivity (Wildman–Crippen MR) is 107 cm³/mol. The number of aryl methyl sites for hydroxylation is 1. The van der Waals surface area contributed by atoms with E-state index in [4.69, 9.17) is 11.6 Å². The van der Waals surface area contributed by atoms with E-state index in [0.29, 0.717) is 17.7 Å². The van der Waals surface area contributed by atoms with Gasteiger partial charge in [0.15, 0.2) is 5.82 Å². The Balaban J connectivity index is 1.72. The van der Waals surface area contributed by atoms with E-state index in [-0.39, 0.29) is 11.6 Å². The number of para-hydroxylation sites is 1. The molecule has 2 aromatic carbocycles. The van der Waals surface area contributed by atoms with Gasteiger partial charge in [-0.15, -0.1) is 10.2 Å². The number of nitrogens with one attached hydrogen (secondary N) is 1. The monoisotopic (exact) mass is 381 g/mol. The molecule has 0 aliphatic heterocycles. The molecule has 2 aromatic heterocycles. The smallest absolute Gasteiger partial charge is 0.262 e. The first-order valence-electron chi connectivity index (χ1n) is 8.90. The van der Waals surface area contributed by atoms with Crippen molar-refractivity contribution in [2.75, 3.05) is 0 Å². The zero-order valence-electron chi connectivity index (χ0n) is 15.2. The summed E-state index contributed by atoms with van der Waals surface area (Å²) in [6.45, 7) is 2.66. The Bertz CT molecular complexity index is 1160. The Hall–Kier alpha value is -2.70. The molecule has 0 saturated heterocycles. The van der Waals surface area contributed by atoms with Crippen LogP contribution in [0.15, 0.2) is 53.3 Å². The molecule has 0 bridgehead atoms. The maximum atomic E-state index is 12.5. The summed E-state index contributed by atoms with van der Waals surface area (Å²) in [6, 6.07) is 15.6. The van der Waals surface area contributed by atoms with Gasteiger partial charge in [0.2, 0.25) is 5.78 Å². The number of benzene rings is 2. The predicted octanol–water partition coefficient (Wildman–Crippen LogP) is 3.48. The molecule has 4 rings (SSSR count). The molecular weight excluding hydrogens is 362 g/mol. The number of halogens is 1. The summed E-state index contributed by atoms with van der Waals surface area (Å²) >= 11 is 6.00. The van der Waals surface area contributed by atoms with E-state index in [1.165, 1.54) is 10.1 Å². The number of fused-ring (bicyclic) bond motifs is 3. The van der Waals surface area contributed by atoms with E-state index in [1.54, 1.807) is 7.05 Å². The first-order chi connectivity index (χ1) is 13.1. The molecule has 0 unspecified atom stereocenters. The number of hydrogen-bond donors (Lipinski definition) is 1. The molecule has 7 heteroatoms. The van der Waals surface area contributed by atoms with Gasteiger partial charge < -0.3 is 5.32 Å². The van der Waals surface area contributed by atoms with Crippen LogP contribution < -0.4 is 10.9 Å². The average Bonchev–Trinajstić information content (AvgIpc) is 3.12. The SMILES string of the molecule is CC[C@H](NCc1nnc2n(C)c(=O)c3ccccc3n12)c1ccc(Cl)cc1. The minimum atomic E-state index is -0.0717. The van der Waals surface area contributed by atoms with Crippen LogP contribution >= 0.6 is 11.6 Å². The van der Waals surface area contributed by atoms with Crippen LogP contribution in [0.5, 0.6) is 0 Å². The number of rotatable bonds is 5. The van der Waals surface area contributed by atoms with Gasteiger partial charge in [0.1, 0.15) is 0 Å². The van der Waals surface area contributed by atoms with E-state index in [0.717, 1.165) is 22.8 Å². The number of aromatic nitrogens is 4. The standard InChI is InChI=1S/C20H20ClN5O/c1-3-16(13-8-10-14(21)11-9-13)22-12-18-23-24-20-25(2)19(27)15-6-4-5-7-17(15)26(18)20/h4-11,16,22H,3,12H2,1-2H3/t16-/m0/s1. The zero-order chi connectivity index (χ0) is 19.0. The first-order valence-corrected chi connectivity index (χ1v) is 9.28. The van der Waals surface area contributed by atoms with Crippen LogP contribution in [0.25, 0.3) is 16.7 Å². The molecule has 0 amide bonds. The second-order valence-corrected chi connectivity index (χ2v) is 6.96. The summed E-state index contributed by atoms with van der Waals surface area (Å²) in [5, 5.41) is 13.5. The van der Waals surface area contributed by atoms with Gasteiger partial charge in [-0.25, -0.2) is 0 Å². The van der Waals surface area contributed by atoms with Crippen LogP contribution in [0.3, 0.4) is 0 Å². The maximum absolute atomic E-state index is 12.5. The summed E-state index contributed by atoms with van der Waals surface area (Å²) < 4.78 is 3.48. The van der Waals surface area contributed by atoms with Gasteiger partial charge in [0.25, 0.3) is 5.56 Å². The number of hydrogen-bond acceptors (Lipinski definition) is 4. The summed E-state index contributed by atoms with van der Waals surface area (Å²) in [5.74, 6) is 1.30. The van der Waals surface area contributed by atoms with Gasteiger partial charge >= 0.3 is 0 Å². The molecule has 6 nitrogen and oxygen atoms in total. The molecule has 0 saturated carbocycles. The molecule has 4 aromatic rings. The van der Waals surface area contributed by atoms with Gasteiger partial charge in [0.05, 0.1) is 17.4 Å². The molecule has 0 fully saturated rings. The Labute approximate surface area is 161 Å². The third-order valence-electron chi connectivity index (χ3n) is 4.88. The highest BCUT2D eigenvalue weighted by atomic mass is 35.5. The molecule has 2 heterocycles. The largest absolute Gasteiger partial charge is 0.303 e. The lowest BCUT2D eigenvalue weighted by Gasteiger charge is -2.17. The van der Waals surface area contributed by atoms with Crippen LogP contribution in [0.2, 0.25) is 5.02 Å². The Morgan fingerprint density at radius 2 is 1.85 bits per heavy atom. The van der Waals surface area contributed by atoms with Crippen molar-refractivity contribution in [3.63, 3.8) is 0 Å². The van der Waals surface area contributed by atoms with Crippen LogP contribution in [0.1, 0.15) is 30.8 Å². The fourth-order valence-corrected chi connectivity index (χ4v) is 3.54. The van der Waals surface area contributed by atoms with Crippen molar-refractivity contribution in [2.24, 2.45) is 7.05 Å². The zero-order valence-corrected chi connectivity index (χ0v) is 15.9. The topological polar surface area (TPSA) is 64.2 Å². The third kappa shape index (κ3) is 3.11. The average molecular weight is 382 g/mol. The van der Waals surface area contributed by atoms with E-state index in [1.807, 2.05) is 52.9 Å². The summed E-state index contributed by atoms with van der Waals surface area (Å²) in [6.07, 6.45) is 0.928. The Morgan fingerprint density at radius 3 is 2.59 bits per heavy atom. The second kappa shape index (κ2) is 7.13. The molecule has 0 spiro atoms. The van der Waals surface area contributed by atoms with Gasteiger partial charge in [0, 0.05) is 18.1 Å². The quantitative estimate of drug-likeness (QED) is 0.575. The fraction of sp³-hybridized carbons (Fsp3) is 0.250. The molecular formula is C20H20ClN5O. The molecule has 1 N–H and O–H groups in total. The van der Waals surface area contributed by atoms with Crippen LogP contribution in [0, 0.1) is 0 Å². The second-order valence-electron chi connectivity index (χ2n) is 6.53. The van der Waals surface area contributed by atoms with Gasteiger partial charge in [-0.3, -0.25) is 13.8 Å². The Morgan fingerprint density at radius 1 is 1.11 bits per heavy atom. The van der Waals surface area contributed by atoms with Crippen molar-refractivity contribution in [2.45, 2.75) is 25.9 Å². The third-order valence-corrected chi connectivity index (χ3v) is 5.13. The molecule has 138 valence electrons. The molecule has 1 atom stereocenters. The lowest BCUT2D eigenvalue weighted by Crippen LogP contribution is -2.23. The van der Waals surface area contributed by atoms with Gasteiger partial charge in [-0.2, -0.15) is 0 Å². The normalized spacial score (nSPS) is 12.7. The minimum Gasteiger partial charge on any atom is -0.303 e. The highest BCUT2D eigenvalue weighted by Gasteiger charge is 2.16. The van der Waals surface area contributed by atoms with Gasteiger partial charge in [-0.1, -0.05) is 42.8 Å². The van der Waals surface area contributed by atoms with Crippen molar-refractivity contribution in [3.8, 4) is 0 Å². The minimum absolute atomic E-state index is 0.0717. The van der Waals surface area contributed by atoms with E-state index in [2.05, 4.69) is 22.4 Å². The summed E-state index contributed by atoms with van der Waals surface area (Å²) in [5.41, 5.74) is 1.92.